The third-order valence-electron chi connectivity index (χ3n) is 4.38. The molecule has 5 heterocycles. The van der Waals surface area contributed by atoms with Crippen molar-refractivity contribution in [3.8, 4) is 10.3 Å². The molecule has 0 aromatic carbocycles. The van der Waals surface area contributed by atoms with E-state index in [0.29, 0.717) is 27.1 Å². The topological polar surface area (TPSA) is 54.5 Å². The van der Waals surface area contributed by atoms with Gasteiger partial charge in [0.05, 0.1) is 4.88 Å². The summed E-state index contributed by atoms with van der Waals surface area (Å²) in [5, 5.41) is 6.37. The highest BCUT2D eigenvalue weighted by Crippen LogP contribution is 2.31. The number of nitrogens with zero attached hydrogens (tertiary/aromatic N) is 2. The summed E-state index contributed by atoms with van der Waals surface area (Å²) in [4.78, 5) is 19.6. The van der Waals surface area contributed by atoms with Crippen molar-refractivity contribution in [3.63, 3.8) is 0 Å². The van der Waals surface area contributed by atoms with Gasteiger partial charge < -0.3 is 15.0 Å². The van der Waals surface area contributed by atoms with Gasteiger partial charge in [0, 0.05) is 24.2 Å². The monoisotopic (exact) mass is 335 g/mol. The van der Waals surface area contributed by atoms with E-state index in [9.17, 15) is 4.79 Å². The van der Waals surface area contributed by atoms with E-state index in [2.05, 4.69) is 15.2 Å². The molecule has 0 radical (unpaired) electrons. The zero-order valence-electron chi connectivity index (χ0n) is 12.0. The van der Waals surface area contributed by atoms with Crippen LogP contribution in [0, 0.1) is 5.92 Å². The number of aromatic nitrogens is 1. The van der Waals surface area contributed by atoms with Crippen molar-refractivity contribution < 1.29 is 9.53 Å². The molecule has 1 atom stereocenters. The Morgan fingerprint density at radius 3 is 2.91 bits per heavy atom. The second-order valence-electron chi connectivity index (χ2n) is 5.74. The number of fused-ring (bicyclic) bond motifs is 3. The minimum absolute atomic E-state index is 0.0118. The van der Waals surface area contributed by atoms with Gasteiger partial charge in [-0.2, -0.15) is 0 Å². The number of nitrogens with one attached hydrogen (secondary N) is 1. The number of thiazole rings is 1. The van der Waals surface area contributed by atoms with Gasteiger partial charge in [-0.05, 0) is 44.0 Å². The largest absolute Gasteiger partial charge is 0.420 e. The van der Waals surface area contributed by atoms with Gasteiger partial charge in [-0.1, -0.05) is 22.7 Å². The molecule has 0 aliphatic carbocycles. The molecule has 116 valence electrons. The lowest BCUT2D eigenvalue weighted by atomic mass is 9.84. The van der Waals surface area contributed by atoms with E-state index in [1.54, 1.807) is 6.20 Å². The summed E-state index contributed by atoms with van der Waals surface area (Å²) >= 11 is 2.81. The van der Waals surface area contributed by atoms with Crippen LogP contribution in [0.2, 0.25) is 0 Å². The molecule has 3 fully saturated rings. The first-order valence-corrected chi connectivity index (χ1v) is 9.18. The molecule has 5 nitrogen and oxygen atoms in total. The Morgan fingerprint density at radius 1 is 1.36 bits per heavy atom. The van der Waals surface area contributed by atoms with Crippen molar-refractivity contribution in [2.75, 3.05) is 19.6 Å². The van der Waals surface area contributed by atoms with Crippen LogP contribution in [0.15, 0.2) is 23.7 Å². The fourth-order valence-electron chi connectivity index (χ4n) is 3.21. The third kappa shape index (κ3) is 2.88. The van der Waals surface area contributed by atoms with Gasteiger partial charge in [0.25, 0.3) is 11.1 Å². The fourth-order valence-corrected chi connectivity index (χ4v) is 4.52. The van der Waals surface area contributed by atoms with Crippen molar-refractivity contribution in [3.05, 3.63) is 28.6 Å². The molecule has 7 heteroatoms. The standard InChI is InChI=1S/C15H17N3O2S2/c19-14(17-11-9-18-6-3-10(11)4-7-18)12-1-2-13(22-12)20-15-16-5-8-21-15/h1-2,5,8,10-11H,3-4,6-7,9H2,(H,17,19)/t11-/m0/s1. The number of ether oxygens (including phenoxy) is 1. The van der Waals surface area contributed by atoms with Crippen molar-refractivity contribution >= 4 is 28.6 Å². The molecule has 3 aliphatic heterocycles. The molecule has 3 saturated heterocycles. The number of hydrogen-bond donors (Lipinski definition) is 1. The lowest BCUT2D eigenvalue weighted by molar-refractivity contribution is 0.0622. The molecule has 0 spiro atoms. The average molecular weight is 335 g/mol. The Morgan fingerprint density at radius 2 is 2.23 bits per heavy atom. The smallest absolute Gasteiger partial charge is 0.279 e. The molecule has 3 aliphatic rings. The van der Waals surface area contributed by atoms with Gasteiger partial charge in [0.1, 0.15) is 0 Å². The maximum Gasteiger partial charge on any atom is 0.279 e. The minimum Gasteiger partial charge on any atom is -0.420 e. The van der Waals surface area contributed by atoms with E-state index in [1.165, 1.54) is 48.6 Å². The van der Waals surface area contributed by atoms with Crippen LogP contribution in [0.4, 0.5) is 0 Å². The molecule has 22 heavy (non-hydrogen) atoms. The molecule has 1 amide bonds. The van der Waals surface area contributed by atoms with Gasteiger partial charge in [0.15, 0.2) is 5.06 Å². The van der Waals surface area contributed by atoms with E-state index >= 15 is 0 Å². The molecule has 2 aromatic heterocycles. The van der Waals surface area contributed by atoms with Gasteiger partial charge in [-0.25, -0.2) is 4.98 Å². The lowest BCUT2D eigenvalue weighted by Crippen LogP contribution is -2.57. The Kier molecular flexibility index (Phi) is 3.85. The maximum absolute atomic E-state index is 12.4. The molecule has 5 rings (SSSR count). The maximum atomic E-state index is 12.4. The van der Waals surface area contributed by atoms with Crippen LogP contribution in [0.3, 0.4) is 0 Å². The first-order valence-electron chi connectivity index (χ1n) is 7.48. The Balaban J connectivity index is 1.39. The highest BCUT2D eigenvalue weighted by Gasteiger charge is 2.35. The second kappa shape index (κ2) is 5.98. The zero-order valence-corrected chi connectivity index (χ0v) is 13.7. The third-order valence-corrected chi connectivity index (χ3v) is 5.99. The number of carbonyl (C=O) groups excluding carboxylic acids is 1. The fraction of sp³-hybridized carbons (Fsp3) is 0.467. The number of thiophene rings is 1. The van der Waals surface area contributed by atoms with Gasteiger partial charge in [-0.3, -0.25) is 4.79 Å². The quantitative estimate of drug-likeness (QED) is 0.933. The Hall–Kier alpha value is -1.44. The minimum atomic E-state index is 0.0118. The molecule has 2 bridgehead atoms. The van der Waals surface area contributed by atoms with Crippen molar-refractivity contribution in [2.24, 2.45) is 5.92 Å². The van der Waals surface area contributed by atoms with E-state index in [-0.39, 0.29) is 5.91 Å². The number of hydrogen-bond acceptors (Lipinski definition) is 6. The highest BCUT2D eigenvalue weighted by molar-refractivity contribution is 7.16. The van der Waals surface area contributed by atoms with E-state index in [1.807, 2.05) is 17.5 Å². The molecule has 0 unspecified atom stereocenters. The average Bonchev–Trinajstić information content (AvgIpc) is 3.21. The van der Waals surface area contributed by atoms with Crippen LogP contribution in [-0.4, -0.2) is 41.5 Å². The predicted molar refractivity (Wildman–Crippen MR) is 86.9 cm³/mol. The summed E-state index contributed by atoms with van der Waals surface area (Å²) in [6.45, 7) is 3.36. The molecule has 1 N–H and O–H groups in total. The number of piperidine rings is 3. The normalized spacial score (nSPS) is 26.8. The zero-order chi connectivity index (χ0) is 14.9. The first-order chi connectivity index (χ1) is 10.8. The number of rotatable bonds is 4. The van der Waals surface area contributed by atoms with Crippen LogP contribution in [0.25, 0.3) is 0 Å². The SMILES string of the molecule is O=C(N[C@H]1CN2CCC1CC2)c1ccc(Oc2nccs2)s1. The van der Waals surface area contributed by atoms with Gasteiger partial charge >= 0.3 is 0 Å². The van der Waals surface area contributed by atoms with Crippen molar-refractivity contribution in [1.82, 2.24) is 15.2 Å². The van der Waals surface area contributed by atoms with Crippen molar-refractivity contribution in [2.45, 2.75) is 18.9 Å². The molecular weight excluding hydrogens is 318 g/mol. The second-order valence-corrected chi connectivity index (χ2v) is 7.64. The summed E-state index contributed by atoms with van der Waals surface area (Å²) in [5.74, 6) is 0.651. The Labute approximate surface area is 136 Å². The summed E-state index contributed by atoms with van der Waals surface area (Å²) in [5.41, 5.74) is 0. The van der Waals surface area contributed by atoms with Crippen LogP contribution in [0.5, 0.6) is 10.3 Å². The van der Waals surface area contributed by atoms with Crippen LogP contribution >= 0.6 is 22.7 Å². The van der Waals surface area contributed by atoms with E-state index in [4.69, 9.17) is 4.74 Å². The number of amides is 1. The van der Waals surface area contributed by atoms with E-state index in [0.717, 1.165) is 6.54 Å². The Bertz CT molecular complexity index is 648. The predicted octanol–water partition coefficient (Wildman–Crippen LogP) is 2.82. The summed E-state index contributed by atoms with van der Waals surface area (Å²) in [6.07, 6.45) is 4.11. The summed E-state index contributed by atoms with van der Waals surface area (Å²) in [7, 11) is 0. The van der Waals surface area contributed by atoms with Crippen molar-refractivity contribution in [1.29, 1.82) is 0 Å². The van der Waals surface area contributed by atoms with Crippen LogP contribution in [-0.2, 0) is 0 Å². The lowest BCUT2D eigenvalue weighted by Gasteiger charge is -2.44. The first kappa shape index (κ1) is 14.2. The molecular formula is C15H17N3O2S2. The number of carbonyl (C=O) groups is 1. The highest BCUT2D eigenvalue weighted by atomic mass is 32.1. The summed E-state index contributed by atoms with van der Waals surface area (Å²) in [6, 6.07) is 3.95. The van der Waals surface area contributed by atoms with Gasteiger partial charge in [0.2, 0.25) is 0 Å². The van der Waals surface area contributed by atoms with E-state index < -0.39 is 0 Å². The molecule has 0 saturated carbocycles. The summed E-state index contributed by atoms with van der Waals surface area (Å²) < 4.78 is 5.63. The van der Waals surface area contributed by atoms with Gasteiger partial charge in [-0.15, -0.1) is 0 Å². The van der Waals surface area contributed by atoms with Crippen LogP contribution < -0.4 is 10.1 Å². The molecule has 2 aromatic rings. The van der Waals surface area contributed by atoms with Crippen LogP contribution in [0.1, 0.15) is 22.5 Å².